The standard InChI is InChI=1S/C22H21ClN6O3/c1-4-19(30)25-16-7-5-6-8-17(16)26-20-15(23)12-24-22(28-20)27-18-11-14(10-9-13(18)2)21(31)29-32-3/h4-12H,1H2,2-3H3,(H,25,30)(H,29,31)(H2,24,26,27,28). The van der Waals surface area contributed by atoms with Gasteiger partial charge in [0.25, 0.3) is 5.91 Å². The number of nitrogens with zero attached hydrogens (tertiary/aromatic N) is 2. The molecule has 2 amide bonds. The molecule has 0 aliphatic heterocycles. The largest absolute Gasteiger partial charge is 0.337 e. The van der Waals surface area contributed by atoms with Gasteiger partial charge in [-0.15, -0.1) is 0 Å². The molecule has 0 atom stereocenters. The number of para-hydroxylation sites is 2. The first-order valence-electron chi connectivity index (χ1n) is 9.44. The molecule has 3 rings (SSSR count). The van der Waals surface area contributed by atoms with E-state index < -0.39 is 0 Å². The fourth-order valence-electron chi connectivity index (χ4n) is 2.70. The summed E-state index contributed by atoms with van der Waals surface area (Å²) in [7, 11) is 1.36. The summed E-state index contributed by atoms with van der Waals surface area (Å²) in [5.41, 5.74) is 5.32. The smallest absolute Gasteiger partial charge is 0.274 e. The Labute approximate surface area is 189 Å². The van der Waals surface area contributed by atoms with Crippen molar-refractivity contribution in [1.82, 2.24) is 15.4 Å². The van der Waals surface area contributed by atoms with Crippen molar-refractivity contribution < 1.29 is 14.4 Å². The van der Waals surface area contributed by atoms with E-state index in [-0.39, 0.29) is 22.8 Å². The minimum absolute atomic E-state index is 0.261. The van der Waals surface area contributed by atoms with Crippen LogP contribution in [0.15, 0.2) is 61.3 Å². The molecule has 1 aromatic heterocycles. The first-order valence-corrected chi connectivity index (χ1v) is 9.82. The third-order valence-corrected chi connectivity index (χ3v) is 4.59. The number of halogens is 1. The molecule has 0 aliphatic carbocycles. The van der Waals surface area contributed by atoms with E-state index in [4.69, 9.17) is 11.6 Å². The summed E-state index contributed by atoms with van der Waals surface area (Å²) in [5.74, 6) is -0.135. The number of aromatic nitrogens is 2. The fourth-order valence-corrected chi connectivity index (χ4v) is 2.84. The molecular weight excluding hydrogens is 432 g/mol. The normalized spacial score (nSPS) is 10.2. The zero-order valence-corrected chi connectivity index (χ0v) is 18.2. The van der Waals surface area contributed by atoms with E-state index in [9.17, 15) is 9.59 Å². The maximum Gasteiger partial charge on any atom is 0.274 e. The van der Waals surface area contributed by atoms with Crippen molar-refractivity contribution in [3.05, 3.63) is 77.5 Å². The lowest BCUT2D eigenvalue weighted by Gasteiger charge is -2.14. The summed E-state index contributed by atoms with van der Waals surface area (Å²) >= 11 is 6.28. The van der Waals surface area contributed by atoms with Crippen LogP contribution in [0.1, 0.15) is 15.9 Å². The predicted molar refractivity (Wildman–Crippen MR) is 125 cm³/mol. The number of carbonyl (C=O) groups is 2. The van der Waals surface area contributed by atoms with Crippen molar-refractivity contribution in [1.29, 1.82) is 0 Å². The van der Waals surface area contributed by atoms with E-state index in [2.05, 4.69) is 42.8 Å². The van der Waals surface area contributed by atoms with Gasteiger partial charge in [0.2, 0.25) is 11.9 Å². The highest BCUT2D eigenvalue weighted by Crippen LogP contribution is 2.29. The van der Waals surface area contributed by atoms with Gasteiger partial charge in [-0.25, -0.2) is 10.5 Å². The van der Waals surface area contributed by atoms with Gasteiger partial charge in [-0.1, -0.05) is 36.4 Å². The monoisotopic (exact) mass is 452 g/mol. The van der Waals surface area contributed by atoms with Crippen molar-refractivity contribution in [2.75, 3.05) is 23.1 Å². The van der Waals surface area contributed by atoms with Crippen LogP contribution in [0.3, 0.4) is 0 Å². The van der Waals surface area contributed by atoms with Crippen LogP contribution in [0.4, 0.5) is 28.8 Å². The number of nitrogens with one attached hydrogen (secondary N) is 4. The number of benzene rings is 2. The molecule has 0 spiro atoms. The second-order valence-electron chi connectivity index (χ2n) is 6.54. The van der Waals surface area contributed by atoms with Gasteiger partial charge in [-0.2, -0.15) is 4.98 Å². The van der Waals surface area contributed by atoms with Crippen LogP contribution in [0.2, 0.25) is 5.02 Å². The van der Waals surface area contributed by atoms with Crippen molar-refractivity contribution >= 4 is 52.2 Å². The van der Waals surface area contributed by atoms with Crippen LogP contribution in [0.5, 0.6) is 0 Å². The summed E-state index contributed by atoms with van der Waals surface area (Å²) in [6, 6.07) is 12.2. The maximum absolute atomic E-state index is 12.0. The number of carbonyl (C=O) groups excluding carboxylic acids is 2. The Kier molecular flexibility index (Phi) is 7.37. The molecule has 0 bridgehead atoms. The number of hydroxylamine groups is 1. The Hall–Kier alpha value is -3.95. The first-order chi connectivity index (χ1) is 15.4. The molecule has 164 valence electrons. The summed E-state index contributed by atoms with van der Waals surface area (Å²) < 4.78 is 0. The van der Waals surface area contributed by atoms with E-state index in [1.54, 1.807) is 42.5 Å². The number of rotatable bonds is 8. The van der Waals surface area contributed by atoms with Crippen LogP contribution in [-0.2, 0) is 9.63 Å². The molecule has 2 aromatic carbocycles. The Morgan fingerprint density at radius 3 is 2.56 bits per heavy atom. The zero-order chi connectivity index (χ0) is 23.1. The van der Waals surface area contributed by atoms with Gasteiger partial charge in [-0.3, -0.25) is 14.4 Å². The Morgan fingerprint density at radius 1 is 1.09 bits per heavy atom. The van der Waals surface area contributed by atoms with E-state index in [0.717, 1.165) is 5.56 Å². The Balaban J connectivity index is 1.86. The quantitative estimate of drug-likeness (QED) is 0.296. The van der Waals surface area contributed by atoms with Gasteiger partial charge in [-0.05, 0) is 42.8 Å². The topological polar surface area (TPSA) is 117 Å². The Bertz CT molecular complexity index is 1170. The number of aryl methyl sites for hydroxylation is 1. The molecule has 0 aliphatic rings. The lowest BCUT2D eigenvalue weighted by Crippen LogP contribution is -2.21. The molecular formula is C22H21ClN6O3. The molecule has 0 saturated heterocycles. The number of hydrogen-bond donors (Lipinski definition) is 4. The van der Waals surface area contributed by atoms with Gasteiger partial charge < -0.3 is 16.0 Å². The summed E-state index contributed by atoms with van der Waals surface area (Å²) in [6.45, 7) is 5.34. The molecule has 0 fully saturated rings. The van der Waals surface area contributed by atoms with E-state index >= 15 is 0 Å². The average Bonchev–Trinajstić information content (AvgIpc) is 2.78. The van der Waals surface area contributed by atoms with Gasteiger partial charge >= 0.3 is 0 Å². The van der Waals surface area contributed by atoms with Crippen LogP contribution in [-0.4, -0.2) is 28.9 Å². The molecule has 9 nitrogen and oxygen atoms in total. The van der Waals surface area contributed by atoms with Gasteiger partial charge in [0, 0.05) is 11.3 Å². The molecule has 4 N–H and O–H groups in total. The van der Waals surface area contributed by atoms with Crippen molar-refractivity contribution in [2.24, 2.45) is 0 Å². The first kappa shape index (κ1) is 22.7. The predicted octanol–water partition coefficient (Wildman–Crippen LogP) is 4.34. The SMILES string of the molecule is C=CC(=O)Nc1ccccc1Nc1nc(Nc2cc(C(=O)NOC)ccc2C)ncc1Cl. The second kappa shape index (κ2) is 10.4. The molecule has 0 radical (unpaired) electrons. The highest BCUT2D eigenvalue weighted by Gasteiger charge is 2.12. The molecule has 1 heterocycles. The third-order valence-electron chi connectivity index (χ3n) is 4.31. The highest BCUT2D eigenvalue weighted by molar-refractivity contribution is 6.33. The summed E-state index contributed by atoms with van der Waals surface area (Å²) in [4.78, 5) is 37.1. The van der Waals surface area contributed by atoms with Crippen LogP contribution in [0.25, 0.3) is 0 Å². The number of hydrogen-bond acceptors (Lipinski definition) is 7. The zero-order valence-electron chi connectivity index (χ0n) is 17.4. The van der Waals surface area contributed by atoms with Crippen LogP contribution >= 0.6 is 11.6 Å². The van der Waals surface area contributed by atoms with Gasteiger partial charge in [0.1, 0.15) is 5.02 Å². The van der Waals surface area contributed by atoms with Gasteiger partial charge in [0.15, 0.2) is 5.82 Å². The van der Waals surface area contributed by atoms with E-state index in [1.807, 2.05) is 6.92 Å². The highest BCUT2D eigenvalue weighted by atomic mass is 35.5. The van der Waals surface area contributed by atoms with Crippen LogP contribution < -0.4 is 21.4 Å². The van der Waals surface area contributed by atoms with Crippen molar-refractivity contribution in [3.8, 4) is 0 Å². The second-order valence-corrected chi connectivity index (χ2v) is 6.95. The fraction of sp³-hybridized carbons (Fsp3) is 0.0909. The Morgan fingerprint density at radius 2 is 1.84 bits per heavy atom. The lowest BCUT2D eigenvalue weighted by atomic mass is 10.1. The number of amides is 2. The van der Waals surface area contributed by atoms with E-state index in [1.165, 1.54) is 19.4 Å². The summed E-state index contributed by atoms with van der Waals surface area (Å²) in [5, 5.41) is 9.20. The maximum atomic E-state index is 12.0. The molecule has 10 heteroatoms. The number of anilines is 5. The minimum atomic E-state index is -0.381. The average molecular weight is 453 g/mol. The van der Waals surface area contributed by atoms with Crippen LogP contribution in [0, 0.1) is 6.92 Å². The van der Waals surface area contributed by atoms with Gasteiger partial charge in [0.05, 0.1) is 24.7 Å². The van der Waals surface area contributed by atoms with Crippen molar-refractivity contribution in [2.45, 2.75) is 6.92 Å². The molecule has 0 saturated carbocycles. The summed E-state index contributed by atoms with van der Waals surface area (Å²) in [6.07, 6.45) is 2.63. The molecule has 32 heavy (non-hydrogen) atoms. The molecule has 0 unspecified atom stereocenters. The third kappa shape index (κ3) is 5.60. The lowest BCUT2D eigenvalue weighted by molar-refractivity contribution is -0.111. The molecule has 3 aromatic rings. The minimum Gasteiger partial charge on any atom is -0.337 e. The van der Waals surface area contributed by atoms with Crippen molar-refractivity contribution in [3.63, 3.8) is 0 Å². The van der Waals surface area contributed by atoms with E-state index in [0.29, 0.717) is 28.4 Å².